The van der Waals surface area contributed by atoms with Crippen molar-refractivity contribution in [1.29, 1.82) is 0 Å². The topological polar surface area (TPSA) is 39.2 Å². The summed E-state index contributed by atoms with van der Waals surface area (Å²) >= 11 is 6.09. The quantitative estimate of drug-likeness (QED) is 0.231. The van der Waals surface area contributed by atoms with Crippen LogP contribution < -0.4 is 4.74 Å². The molecule has 0 atom stereocenters. The molecule has 0 saturated heterocycles. The second kappa shape index (κ2) is 8.64. The Morgan fingerprint density at radius 2 is 1.55 bits per heavy atom. The summed E-state index contributed by atoms with van der Waals surface area (Å²) in [5.74, 6) is 0.137. The number of nitrogens with zero attached hydrogens (tertiary/aromatic N) is 1. The van der Waals surface area contributed by atoms with Gasteiger partial charge in [0.05, 0.1) is 16.8 Å². The normalized spacial score (nSPS) is 11.6. The molecule has 0 aliphatic heterocycles. The molecular formula is C29H28ClNO2. The number of rotatable bonds is 3. The number of esters is 1. The number of ether oxygens (including phenoxy) is 1. The van der Waals surface area contributed by atoms with Gasteiger partial charge in [0, 0.05) is 16.0 Å². The molecular weight excluding hydrogens is 430 g/mol. The van der Waals surface area contributed by atoms with Gasteiger partial charge in [-0.25, -0.2) is 9.78 Å². The van der Waals surface area contributed by atoms with E-state index in [9.17, 15) is 4.79 Å². The summed E-state index contributed by atoms with van der Waals surface area (Å²) in [7, 11) is 0. The number of pyridine rings is 1. The van der Waals surface area contributed by atoms with Crippen LogP contribution in [0, 0.1) is 20.8 Å². The Morgan fingerprint density at radius 3 is 2.15 bits per heavy atom. The lowest BCUT2D eigenvalue weighted by atomic mass is 9.87. The van der Waals surface area contributed by atoms with Crippen LogP contribution in [-0.2, 0) is 5.41 Å². The highest BCUT2D eigenvalue weighted by Gasteiger charge is 2.22. The molecule has 4 heteroatoms. The Kier molecular flexibility index (Phi) is 6.02. The number of benzene rings is 3. The van der Waals surface area contributed by atoms with Crippen LogP contribution in [0.15, 0.2) is 60.7 Å². The first-order valence-electron chi connectivity index (χ1n) is 11.0. The predicted molar refractivity (Wildman–Crippen MR) is 137 cm³/mol. The zero-order valence-electron chi connectivity index (χ0n) is 19.9. The summed E-state index contributed by atoms with van der Waals surface area (Å²) in [6.07, 6.45) is 0. The lowest BCUT2D eigenvalue weighted by molar-refractivity contribution is 0.0736. The summed E-state index contributed by atoms with van der Waals surface area (Å²) < 4.78 is 5.86. The van der Waals surface area contributed by atoms with Crippen molar-refractivity contribution < 1.29 is 9.53 Å². The molecule has 0 spiro atoms. The monoisotopic (exact) mass is 457 g/mol. The molecule has 0 fully saturated rings. The average molecular weight is 458 g/mol. The predicted octanol–water partition coefficient (Wildman–Crippen LogP) is 8.00. The van der Waals surface area contributed by atoms with Crippen LogP contribution in [-0.4, -0.2) is 11.0 Å². The number of hydrogen-bond acceptors (Lipinski definition) is 3. The first-order chi connectivity index (χ1) is 15.5. The second-order valence-corrected chi connectivity index (χ2v) is 10.0. The highest BCUT2D eigenvalue weighted by molar-refractivity contribution is 6.30. The maximum Gasteiger partial charge on any atom is 0.344 e. The molecule has 168 valence electrons. The zero-order valence-corrected chi connectivity index (χ0v) is 20.7. The van der Waals surface area contributed by atoms with E-state index in [1.807, 2.05) is 75.4 Å². The van der Waals surface area contributed by atoms with Gasteiger partial charge < -0.3 is 4.74 Å². The van der Waals surface area contributed by atoms with Crippen LogP contribution in [0.3, 0.4) is 0 Å². The number of halogens is 1. The van der Waals surface area contributed by atoms with Crippen LogP contribution in [0.25, 0.3) is 22.2 Å². The van der Waals surface area contributed by atoms with Gasteiger partial charge in [0.25, 0.3) is 0 Å². The van der Waals surface area contributed by atoms with E-state index in [2.05, 4.69) is 26.8 Å². The fourth-order valence-electron chi connectivity index (χ4n) is 4.15. The van der Waals surface area contributed by atoms with Crippen molar-refractivity contribution in [3.05, 3.63) is 93.5 Å². The summed E-state index contributed by atoms with van der Waals surface area (Å²) in [6, 6.07) is 19.3. The molecule has 0 radical (unpaired) electrons. The number of carbonyl (C=O) groups excluding carboxylic acids is 1. The maximum atomic E-state index is 13.5. The van der Waals surface area contributed by atoms with E-state index >= 15 is 0 Å². The smallest absolute Gasteiger partial charge is 0.344 e. The van der Waals surface area contributed by atoms with E-state index in [-0.39, 0.29) is 11.4 Å². The van der Waals surface area contributed by atoms with Crippen molar-refractivity contribution in [1.82, 2.24) is 4.98 Å². The van der Waals surface area contributed by atoms with E-state index < -0.39 is 0 Å². The molecule has 3 nitrogen and oxygen atoms in total. The molecule has 0 amide bonds. The van der Waals surface area contributed by atoms with E-state index in [1.54, 1.807) is 0 Å². The Labute approximate surface area is 200 Å². The molecule has 0 saturated carbocycles. The Hall–Kier alpha value is -3.17. The van der Waals surface area contributed by atoms with Crippen molar-refractivity contribution in [2.45, 2.75) is 47.0 Å². The lowest BCUT2D eigenvalue weighted by Gasteiger charge is -2.19. The van der Waals surface area contributed by atoms with Crippen LogP contribution in [0.1, 0.15) is 53.4 Å². The van der Waals surface area contributed by atoms with E-state index in [0.717, 1.165) is 38.9 Å². The number of carbonyl (C=O) groups is 1. The number of aryl methyl sites for hydroxylation is 2. The van der Waals surface area contributed by atoms with Crippen LogP contribution in [0.2, 0.25) is 5.02 Å². The molecule has 4 rings (SSSR count). The molecule has 0 bridgehead atoms. The Bertz CT molecular complexity index is 1350. The van der Waals surface area contributed by atoms with E-state index in [1.165, 1.54) is 5.56 Å². The van der Waals surface area contributed by atoms with Gasteiger partial charge in [-0.3, -0.25) is 0 Å². The third-order valence-electron chi connectivity index (χ3n) is 5.92. The minimum Gasteiger partial charge on any atom is -0.423 e. The highest BCUT2D eigenvalue weighted by Crippen LogP contribution is 2.33. The van der Waals surface area contributed by atoms with Crippen LogP contribution in [0.4, 0.5) is 0 Å². The summed E-state index contributed by atoms with van der Waals surface area (Å²) in [4.78, 5) is 18.5. The third-order valence-corrected chi connectivity index (χ3v) is 6.17. The largest absolute Gasteiger partial charge is 0.423 e. The van der Waals surface area contributed by atoms with E-state index in [4.69, 9.17) is 21.3 Å². The molecule has 0 N–H and O–H groups in total. The first-order valence-corrected chi connectivity index (χ1v) is 11.4. The van der Waals surface area contributed by atoms with Crippen molar-refractivity contribution in [3.8, 4) is 17.0 Å². The molecule has 0 unspecified atom stereocenters. The SMILES string of the molecule is Cc1cc(C)c2nc(-c3ccc(Cl)cc3)c(C)c(C(=O)Oc3ccc(C(C)(C)C)cc3)c2c1. The maximum absolute atomic E-state index is 13.5. The second-order valence-electron chi connectivity index (χ2n) is 9.61. The highest BCUT2D eigenvalue weighted by atomic mass is 35.5. The van der Waals surface area contributed by atoms with Gasteiger partial charge >= 0.3 is 5.97 Å². The molecule has 3 aromatic carbocycles. The van der Waals surface area contributed by atoms with Gasteiger partial charge in [0.2, 0.25) is 0 Å². The third kappa shape index (κ3) is 4.65. The minimum absolute atomic E-state index is 0.0307. The summed E-state index contributed by atoms with van der Waals surface area (Å²) in [6.45, 7) is 12.4. The van der Waals surface area contributed by atoms with E-state index in [0.29, 0.717) is 16.3 Å². The molecule has 1 aromatic heterocycles. The van der Waals surface area contributed by atoms with Crippen molar-refractivity contribution >= 4 is 28.5 Å². The Morgan fingerprint density at radius 1 is 0.909 bits per heavy atom. The fourth-order valence-corrected chi connectivity index (χ4v) is 4.27. The average Bonchev–Trinajstić information content (AvgIpc) is 2.73. The van der Waals surface area contributed by atoms with Gasteiger partial charge in [-0.2, -0.15) is 0 Å². The van der Waals surface area contributed by atoms with Gasteiger partial charge in [-0.15, -0.1) is 0 Å². The zero-order chi connectivity index (χ0) is 23.9. The van der Waals surface area contributed by atoms with Gasteiger partial charge in [0.1, 0.15) is 5.75 Å². The van der Waals surface area contributed by atoms with Crippen molar-refractivity contribution in [2.75, 3.05) is 0 Å². The standard InChI is InChI=1S/C29H28ClNO2/c1-17-15-18(2)26-24(16-17)25(19(3)27(31-26)20-7-11-22(30)12-8-20)28(32)33-23-13-9-21(10-14-23)29(4,5)6/h7-16H,1-6H3. The number of hydrogen-bond donors (Lipinski definition) is 0. The summed E-state index contributed by atoms with van der Waals surface area (Å²) in [5.41, 5.74) is 7.08. The Balaban J connectivity index is 1.85. The number of fused-ring (bicyclic) bond motifs is 1. The van der Waals surface area contributed by atoms with Crippen molar-refractivity contribution in [2.24, 2.45) is 0 Å². The lowest BCUT2D eigenvalue weighted by Crippen LogP contribution is -2.14. The molecule has 33 heavy (non-hydrogen) atoms. The molecule has 0 aliphatic carbocycles. The van der Waals surface area contributed by atoms with Crippen molar-refractivity contribution in [3.63, 3.8) is 0 Å². The van der Waals surface area contributed by atoms with Gasteiger partial charge in [-0.1, -0.05) is 68.3 Å². The molecule has 4 aromatic rings. The van der Waals surface area contributed by atoms with Crippen LogP contribution in [0.5, 0.6) is 5.75 Å². The van der Waals surface area contributed by atoms with Gasteiger partial charge in [0.15, 0.2) is 0 Å². The minimum atomic E-state index is -0.386. The number of aromatic nitrogens is 1. The summed E-state index contributed by atoms with van der Waals surface area (Å²) in [5, 5.41) is 1.46. The molecule has 0 aliphatic rings. The van der Waals surface area contributed by atoms with Crippen LogP contribution >= 0.6 is 11.6 Å². The fraction of sp³-hybridized carbons (Fsp3) is 0.241. The van der Waals surface area contributed by atoms with Gasteiger partial charge in [-0.05, 0) is 73.2 Å². The molecule has 1 heterocycles. The first kappa shape index (κ1) is 23.0.